The molecule has 2 atom stereocenters. The Morgan fingerprint density at radius 3 is 2.87 bits per heavy atom. The smallest absolute Gasteiger partial charge is 0.242 e. The van der Waals surface area contributed by atoms with Crippen molar-refractivity contribution in [3.05, 3.63) is 0 Å². The molecule has 0 bridgehead atoms. The van der Waals surface area contributed by atoms with Crippen molar-refractivity contribution >= 4 is 11.8 Å². The number of rotatable bonds is 3. The fourth-order valence-corrected chi connectivity index (χ4v) is 1.61. The molecule has 5 nitrogen and oxygen atoms in total. The van der Waals surface area contributed by atoms with Gasteiger partial charge >= 0.3 is 0 Å². The largest absolute Gasteiger partial charge is 0.354 e. The second kappa shape index (κ2) is 5.11. The summed E-state index contributed by atoms with van der Waals surface area (Å²) < 4.78 is 0. The van der Waals surface area contributed by atoms with Crippen LogP contribution in [0.5, 0.6) is 0 Å². The first-order valence-electron chi connectivity index (χ1n) is 5.33. The van der Waals surface area contributed by atoms with Crippen molar-refractivity contribution in [2.24, 2.45) is 11.7 Å². The average Bonchev–Trinajstić information content (AvgIpc) is 2.33. The molecule has 1 rings (SSSR count). The van der Waals surface area contributed by atoms with Crippen LogP contribution in [0.1, 0.15) is 20.3 Å². The van der Waals surface area contributed by atoms with Crippen LogP contribution in [-0.2, 0) is 9.59 Å². The minimum absolute atomic E-state index is 0.0288. The zero-order valence-electron chi connectivity index (χ0n) is 9.32. The number of nitrogens with zero attached hydrogens (tertiary/aromatic N) is 1. The van der Waals surface area contributed by atoms with Gasteiger partial charge in [0, 0.05) is 19.5 Å². The molecule has 0 aromatic heterocycles. The average molecular weight is 213 g/mol. The molecule has 5 heteroatoms. The van der Waals surface area contributed by atoms with Gasteiger partial charge in [-0.3, -0.25) is 9.59 Å². The normalized spacial score (nSPS) is 24.7. The van der Waals surface area contributed by atoms with Crippen LogP contribution in [0.25, 0.3) is 0 Å². The van der Waals surface area contributed by atoms with E-state index in [1.54, 1.807) is 11.8 Å². The van der Waals surface area contributed by atoms with Gasteiger partial charge in [0.15, 0.2) is 0 Å². The van der Waals surface area contributed by atoms with Gasteiger partial charge in [-0.25, -0.2) is 0 Å². The predicted molar refractivity (Wildman–Crippen MR) is 57.0 cm³/mol. The molecule has 0 aromatic carbocycles. The van der Waals surface area contributed by atoms with Crippen LogP contribution >= 0.6 is 0 Å². The van der Waals surface area contributed by atoms with Crippen LogP contribution < -0.4 is 11.1 Å². The Bertz CT molecular complexity index is 255. The summed E-state index contributed by atoms with van der Waals surface area (Å²) in [6.45, 7) is 5.25. The Balaban J connectivity index is 2.71. The Morgan fingerprint density at radius 2 is 2.27 bits per heavy atom. The number of hydrogen-bond donors (Lipinski definition) is 2. The first-order valence-corrected chi connectivity index (χ1v) is 5.33. The van der Waals surface area contributed by atoms with Gasteiger partial charge in [-0.1, -0.05) is 6.92 Å². The molecule has 15 heavy (non-hydrogen) atoms. The second-order valence-electron chi connectivity index (χ2n) is 4.10. The minimum atomic E-state index is -0.381. The van der Waals surface area contributed by atoms with Gasteiger partial charge in [-0.05, 0) is 19.4 Å². The zero-order valence-corrected chi connectivity index (χ0v) is 9.32. The van der Waals surface area contributed by atoms with Gasteiger partial charge in [-0.15, -0.1) is 0 Å². The summed E-state index contributed by atoms with van der Waals surface area (Å²) in [7, 11) is 0. The first-order chi connectivity index (χ1) is 7.06. The van der Waals surface area contributed by atoms with Crippen molar-refractivity contribution in [2.45, 2.75) is 26.3 Å². The summed E-state index contributed by atoms with van der Waals surface area (Å²) in [6, 6.07) is -0.381. The van der Waals surface area contributed by atoms with E-state index < -0.39 is 0 Å². The van der Waals surface area contributed by atoms with Crippen LogP contribution in [0.4, 0.5) is 0 Å². The van der Waals surface area contributed by atoms with Gasteiger partial charge in [0.25, 0.3) is 0 Å². The lowest BCUT2D eigenvalue weighted by Crippen LogP contribution is -2.46. The fourth-order valence-electron chi connectivity index (χ4n) is 1.61. The molecule has 1 aliphatic rings. The molecule has 0 spiro atoms. The van der Waals surface area contributed by atoms with E-state index in [9.17, 15) is 9.59 Å². The third-order valence-corrected chi connectivity index (χ3v) is 2.72. The number of carbonyl (C=O) groups is 2. The second-order valence-corrected chi connectivity index (χ2v) is 4.10. The molecule has 0 radical (unpaired) electrons. The molecule has 86 valence electrons. The highest BCUT2D eigenvalue weighted by Gasteiger charge is 2.29. The summed E-state index contributed by atoms with van der Waals surface area (Å²) >= 11 is 0. The molecule has 0 aromatic rings. The summed E-state index contributed by atoms with van der Waals surface area (Å²) in [5, 5.41) is 2.71. The molecular weight excluding hydrogens is 194 g/mol. The summed E-state index contributed by atoms with van der Waals surface area (Å²) in [6.07, 6.45) is 0.382. The maximum atomic E-state index is 11.7. The monoisotopic (exact) mass is 213 g/mol. The van der Waals surface area contributed by atoms with Crippen molar-refractivity contribution < 1.29 is 9.59 Å². The molecule has 1 aliphatic heterocycles. The lowest BCUT2D eigenvalue weighted by molar-refractivity contribution is -0.137. The predicted octanol–water partition coefficient (Wildman–Crippen LogP) is -0.682. The summed E-state index contributed by atoms with van der Waals surface area (Å²) in [5.41, 5.74) is 5.52. The van der Waals surface area contributed by atoms with E-state index in [2.05, 4.69) is 5.32 Å². The van der Waals surface area contributed by atoms with E-state index in [1.807, 2.05) is 6.92 Å². The van der Waals surface area contributed by atoms with E-state index in [0.717, 1.165) is 0 Å². The van der Waals surface area contributed by atoms with Gasteiger partial charge in [-0.2, -0.15) is 0 Å². The Kier molecular flexibility index (Phi) is 4.08. The highest BCUT2D eigenvalue weighted by Crippen LogP contribution is 2.09. The van der Waals surface area contributed by atoms with Gasteiger partial charge in [0.05, 0.1) is 0 Å². The third kappa shape index (κ3) is 2.92. The number of nitrogens with one attached hydrogen (secondary N) is 1. The third-order valence-electron chi connectivity index (χ3n) is 2.72. The maximum Gasteiger partial charge on any atom is 0.242 e. The standard InChI is InChI=1S/C10H19N3O2/c1-7(5-11)6-13-8(2)10(15)12-4-3-9(13)14/h7-8H,3-6,11H2,1-2H3,(H,12,15). The van der Waals surface area contributed by atoms with Crippen LogP contribution in [-0.4, -0.2) is 42.4 Å². The molecular formula is C10H19N3O2. The molecule has 0 aliphatic carbocycles. The fraction of sp³-hybridized carbons (Fsp3) is 0.800. The topological polar surface area (TPSA) is 75.4 Å². The Morgan fingerprint density at radius 1 is 1.60 bits per heavy atom. The molecule has 0 saturated carbocycles. The number of nitrogens with two attached hydrogens (primary N) is 1. The van der Waals surface area contributed by atoms with E-state index >= 15 is 0 Å². The lowest BCUT2D eigenvalue weighted by Gasteiger charge is -2.28. The first kappa shape index (κ1) is 12.0. The van der Waals surface area contributed by atoms with Gasteiger partial charge < -0.3 is 16.0 Å². The summed E-state index contributed by atoms with van der Waals surface area (Å²) in [5.74, 6) is 0.175. The Hall–Kier alpha value is -1.10. The van der Waals surface area contributed by atoms with Crippen molar-refractivity contribution in [1.29, 1.82) is 0 Å². The highest BCUT2D eigenvalue weighted by molar-refractivity contribution is 5.89. The number of amides is 2. The molecule has 3 N–H and O–H groups in total. The molecule has 2 amide bonds. The van der Waals surface area contributed by atoms with Crippen LogP contribution in [0.3, 0.4) is 0 Å². The maximum absolute atomic E-state index is 11.7. The zero-order chi connectivity index (χ0) is 11.4. The van der Waals surface area contributed by atoms with Crippen molar-refractivity contribution in [3.63, 3.8) is 0 Å². The van der Waals surface area contributed by atoms with E-state index in [1.165, 1.54) is 0 Å². The van der Waals surface area contributed by atoms with Crippen molar-refractivity contribution in [3.8, 4) is 0 Å². The minimum Gasteiger partial charge on any atom is -0.354 e. The SMILES string of the molecule is CC(CN)CN1C(=O)CCNC(=O)C1C. The van der Waals surface area contributed by atoms with Crippen molar-refractivity contribution in [1.82, 2.24) is 10.2 Å². The van der Waals surface area contributed by atoms with Crippen LogP contribution in [0, 0.1) is 5.92 Å². The lowest BCUT2D eigenvalue weighted by atomic mass is 10.1. The molecule has 1 fully saturated rings. The number of carbonyl (C=O) groups excluding carboxylic acids is 2. The highest BCUT2D eigenvalue weighted by atomic mass is 16.2. The van der Waals surface area contributed by atoms with Gasteiger partial charge in [0.2, 0.25) is 11.8 Å². The quantitative estimate of drug-likeness (QED) is 0.652. The summed E-state index contributed by atoms with van der Waals surface area (Å²) in [4.78, 5) is 24.8. The van der Waals surface area contributed by atoms with Crippen LogP contribution in [0.2, 0.25) is 0 Å². The molecule has 2 unspecified atom stereocenters. The molecule has 1 heterocycles. The van der Waals surface area contributed by atoms with Crippen molar-refractivity contribution in [2.75, 3.05) is 19.6 Å². The van der Waals surface area contributed by atoms with E-state index in [-0.39, 0.29) is 23.8 Å². The van der Waals surface area contributed by atoms with E-state index in [0.29, 0.717) is 26.1 Å². The van der Waals surface area contributed by atoms with Crippen LogP contribution in [0.15, 0.2) is 0 Å². The number of hydrogen-bond acceptors (Lipinski definition) is 3. The van der Waals surface area contributed by atoms with E-state index in [4.69, 9.17) is 5.73 Å². The van der Waals surface area contributed by atoms with Gasteiger partial charge in [0.1, 0.15) is 6.04 Å². The molecule has 1 saturated heterocycles. The Labute approximate surface area is 90.0 Å².